The quantitative estimate of drug-likeness (QED) is 0.214. The van der Waals surface area contributed by atoms with Crippen molar-refractivity contribution in [2.24, 2.45) is 11.3 Å². The van der Waals surface area contributed by atoms with Gasteiger partial charge in [0, 0.05) is 36.7 Å². The highest BCUT2D eigenvalue weighted by Gasteiger charge is 2.46. The van der Waals surface area contributed by atoms with Gasteiger partial charge in [0.1, 0.15) is 17.0 Å². The fourth-order valence-corrected chi connectivity index (χ4v) is 8.12. The van der Waals surface area contributed by atoms with Crippen LogP contribution < -0.4 is 4.90 Å². The molecule has 2 saturated carbocycles. The van der Waals surface area contributed by atoms with E-state index in [1.54, 1.807) is 0 Å². The number of aromatic nitrogens is 2. The predicted molar refractivity (Wildman–Crippen MR) is 157 cm³/mol. The fourth-order valence-electron chi connectivity index (χ4n) is 6.47. The highest BCUT2D eigenvalue weighted by molar-refractivity contribution is 7.22. The summed E-state index contributed by atoms with van der Waals surface area (Å²) in [5.74, 6) is 0.0560. The molecule has 4 aromatic rings. The zero-order valence-electron chi connectivity index (χ0n) is 22.2. The maximum atomic E-state index is 14.4. The van der Waals surface area contributed by atoms with Gasteiger partial charge >= 0.3 is 5.97 Å². The van der Waals surface area contributed by atoms with Crippen molar-refractivity contribution in [2.75, 3.05) is 24.6 Å². The predicted octanol–water partition coefficient (Wildman–Crippen LogP) is 8.19. The smallest absolute Gasteiger partial charge is 0.335 e. The van der Waals surface area contributed by atoms with Gasteiger partial charge in [0.05, 0.1) is 26.9 Å². The maximum Gasteiger partial charge on any atom is 0.335 e. The Kier molecular flexibility index (Phi) is 6.97. The van der Waals surface area contributed by atoms with Crippen LogP contribution >= 0.6 is 34.5 Å². The molecule has 3 heterocycles. The number of benzene rings is 2. The Balaban J connectivity index is 0.953. The number of hydrogen-bond donors (Lipinski definition) is 1. The topological polar surface area (TPSA) is 88.7 Å². The molecule has 2 aromatic heterocycles. The van der Waals surface area contributed by atoms with Gasteiger partial charge in [-0.05, 0) is 74.1 Å². The minimum Gasteiger partial charge on any atom is -0.478 e. The molecule has 1 saturated heterocycles. The van der Waals surface area contributed by atoms with Crippen LogP contribution in [0.3, 0.4) is 0 Å². The summed E-state index contributed by atoms with van der Waals surface area (Å²) in [7, 11) is 0. The number of thiazole rings is 1. The lowest BCUT2D eigenvalue weighted by molar-refractivity contribution is -0.0315. The summed E-state index contributed by atoms with van der Waals surface area (Å²) < 4.78 is 27.0. The summed E-state index contributed by atoms with van der Waals surface area (Å²) in [6.07, 6.45) is 6.54. The maximum absolute atomic E-state index is 14.4. The molecule has 0 amide bonds. The number of piperidine rings is 1. The first-order valence-electron chi connectivity index (χ1n) is 13.9. The molecule has 0 bridgehead atoms. The second-order valence-electron chi connectivity index (χ2n) is 11.6. The number of halogens is 3. The van der Waals surface area contributed by atoms with Crippen molar-refractivity contribution in [1.29, 1.82) is 0 Å². The number of carboxylic acid groups (broad SMARTS) is 1. The van der Waals surface area contributed by atoms with Gasteiger partial charge in [0.2, 0.25) is 0 Å². The second-order valence-corrected chi connectivity index (χ2v) is 13.5. The highest BCUT2D eigenvalue weighted by atomic mass is 35.5. The molecule has 2 aromatic carbocycles. The third kappa shape index (κ3) is 5.11. The first kappa shape index (κ1) is 27.1. The normalized spacial score (nSPS) is 18.8. The first-order valence-corrected chi connectivity index (χ1v) is 15.5. The molecule has 2 aliphatic carbocycles. The highest BCUT2D eigenvalue weighted by Crippen LogP contribution is 2.53. The Hall–Kier alpha value is -2.72. The Morgan fingerprint density at radius 3 is 2.61 bits per heavy atom. The summed E-state index contributed by atoms with van der Waals surface area (Å²) in [5, 5.41) is 15.4. The molecule has 214 valence electrons. The van der Waals surface area contributed by atoms with Crippen LogP contribution in [0.4, 0.5) is 9.52 Å². The summed E-state index contributed by atoms with van der Waals surface area (Å²) in [6.45, 7) is 2.81. The molecule has 41 heavy (non-hydrogen) atoms. The number of ether oxygens (including phenoxy) is 1. The summed E-state index contributed by atoms with van der Waals surface area (Å²) >= 11 is 14.3. The van der Waals surface area contributed by atoms with E-state index in [1.807, 2.05) is 18.2 Å². The van der Waals surface area contributed by atoms with E-state index in [4.69, 9.17) is 32.5 Å². The molecule has 1 N–H and O–H groups in total. The van der Waals surface area contributed by atoms with Gasteiger partial charge in [-0.3, -0.25) is 0 Å². The Morgan fingerprint density at radius 1 is 1.20 bits per heavy atom. The third-order valence-electron chi connectivity index (χ3n) is 8.79. The number of nitrogens with zero attached hydrogens (tertiary/aromatic N) is 3. The van der Waals surface area contributed by atoms with Crippen LogP contribution in [-0.2, 0) is 11.3 Å². The molecule has 0 radical (unpaired) electrons. The van der Waals surface area contributed by atoms with E-state index in [1.165, 1.54) is 17.4 Å². The van der Waals surface area contributed by atoms with Crippen molar-refractivity contribution in [3.05, 3.63) is 63.1 Å². The third-order valence-corrected chi connectivity index (χ3v) is 10.5. The minimum absolute atomic E-state index is 0.0535. The molecule has 1 spiro atoms. The number of fused-ring (bicyclic) bond motifs is 1. The van der Waals surface area contributed by atoms with Crippen molar-refractivity contribution in [3.8, 4) is 11.3 Å². The first-order chi connectivity index (χ1) is 19.8. The number of carbonyl (C=O) groups is 1. The molecule has 0 unspecified atom stereocenters. The fraction of sp³-hybridized carbons (Fsp3) is 0.433. The van der Waals surface area contributed by atoms with E-state index in [2.05, 4.69) is 15.0 Å². The number of hydrogen-bond acceptors (Lipinski definition) is 7. The molecule has 7 nitrogen and oxygen atoms in total. The number of carboxylic acids is 1. The summed E-state index contributed by atoms with van der Waals surface area (Å²) in [6, 6.07) is 7.98. The molecular weight excluding hydrogens is 588 g/mol. The standard InChI is InChI=1S/C30H28Cl2FN3O4S/c31-20-2-1-3-21(32)24(20)25-19(27(40-35-25)17-4-5-17)15-39-14-16-12-30(13-16)6-8-36(9-7-30)29-34-26-22(33)10-18(28(37)38)11-23(26)41-29/h1-3,10-11,16-17H,4-9,12-15H2,(H,37,38). The van der Waals surface area contributed by atoms with Gasteiger partial charge in [0.15, 0.2) is 10.9 Å². The number of aromatic carboxylic acids is 1. The Morgan fingerprint density at radius 2 is 1.93 bits per heavy atom. The van der Waals surface area contributed by atoms with Crippen LogP contribution in [0, 0.1) is 17.2 Å². The van der Waals surface area contributed by atoms with Gasteiger partial charge < -0.3 is 19.3 Å². The zero-order valence-corrected chi connectivity index (χ0v) is 24.5. The average Bonchev–Trinajstić information content (AvgIpc) is 3.54. The molecular formula is C30H28Cl2FN3O4S. The Labute approximate surface area is 250 Å². The Bertz CT molecular complexity index is 1620. The lowest BCUT2D eigenvalue weighted by atomic mass is 9.58. The van der Waals surface area contributed by atoms with Gasteiger partial charge in [-0.25, -0.2) is 14.2 Å². The van der Waals surface area contributed by atoms with Crippen LogP contribution in [0.25, 0.3) is 21.5 Å². The number of rotatable bonds is 8. The largest absolute Gasteiger partial charge is 0.478 e. The average molecular weight is 617 g/mol. The zero-order chi connectivity index (χ0) is 28.3. The number of anilines is 1. The molecule has 11 heteroatoms. The van der Waals surface area contributed by atoms with Gasteiger partial charge in [-0.1, -0.05) is 45.8 Å². The summed E-state index contributed by atoms with van der Waals surface area (Å²) in [5.41, 5.74) is 2.82. The lowest BCUT2D eigenvalue weighted by Gasteiger charge is -2.52. The van der Waals surface area contributed by atoms with E-state index in [9.17, 15) is 14.3 Å². The van der Waals surface area contributed by atoms with Crippen LogP contribution in [0.2, 0.25) is 10.0 Å². The van der Waals surface area contributed by atoms with Gasteiger partial charge in [0.25, 0.3) is 0 Å². The molecule has 7 rings (SSSR count). The van der Waals surface area contributed by atoms with Crippen LogP contribution in [0.15, 0.2) is 34.9 Å². The van der Waals surface area contributed by atoms with E-state index < -0.39 is 11.8 Å². The van der Waals surface area contributed by atoms with Crippen molar-refractivity contribution in [3.63, 3.8) is 0 Å². The van der Waals surface area contributed by atoms with E-state index in [0.717, 1.165) is 74.1 Å². The van der Waals surface area contributed by atoms with Crippen molar-refractivity contribution in [2.45, 2.75) is 51.0 Å². The molecule has 3 fully saturated rings. The summed E-state index contributed by atoms with van der Waals surface area (Å²) in [4.78, 5) is 18.0. The van der Waals surface area contributed by atoms with E-state index in [0.29, 0.717) is 56.5 Å². The van der Waals surface area contributed by atoms with Crippen LogP contribution in [0.5, 0.6) is 0 Å². The van der Waals surface area contributed by atoms with Gasteiger partial charge in [-0.15, -0.1) is 0 Å². The minimum atomic E-state index is -1.14. The second kappa shape index (κ2) is 10.5. The van der Waals surface area contributed by atoms with Crippen molar-refractivity contribution in [1.82, 2.24) is 10.1 Å². The van der Waals surface area contributed by atoms with E-state index in [-0.39, 0.29) is 11.1 Å². The van der Waals surface area contributed by atoms with Crippen LogP contribution in [-0.4, -0.2) is 40.9 Å². The van der Waals surface area contributed by atoms with Crippen LogP contribution in [0.1, 0.15) is 66.1 Å². The molecule has 1 aliphatic heterocycles. The van der Waals surface area contributed by atoms with Crippen molar-refractivity contribution < 1.29 is 23.6 Å². The monoisotopic (exact) mass is 615 g/mol. The lowest BCUT2D eigenvalue weighted by Crippen LogP contribution is -2.48. The van der Waals surface area contributed by atoms with Crippen molar-refractivity contribution >= 4 is 55.9 Å². The molecule has 0 atom stereocenters. The van der Waals surface area contributed by atoms with Gasteiger partial charge in [-0.2, -0.15) is 0 Å². The molecule has 3 aliphatic rings. The van der Waals surface area contributed by atoms with E-state index >= 15 is 0 Å². The SMILES string of the molecule is O=C(O)c1cc(F)c2nc(N3CCC4(CC3)CC(COCc3c(-c5c(Cl)cccc5Cl)noc3C3CC3)C4)sc2c1.